The average Bonchev–Trinajstić information content (AvgIpc) is 3.13. The maximum Gasteiger partial charge on any atom is 0.326 e. The number of aliphatic hydroxyl groups excluding tert-OH is 1. The van der Waals surface area contributed by atoms with Gasteiger partial charge in [0.05, 0.1) is 19.1 Å². The van der Waals surface area contributed by atoms with Gasteiger partial charge in [-0.05, 0) is 12.8 Å². The van der Waals surface area contributed by atoms with Crippen LogP contribution < -0.4 is 22.1 Å². The van der Waals surface area contributed by atoms with Gasteiger partial charge in [0.2, 0.25) is 23.6 Å². The van der Waals surface area contributed by atoms with Crippen LogP contribution in [0.2, 0.25) is 0 Å². The monoisotopic (exact) mass is 419 g/mol. The van der Waals surface area contributed by atoms with Crippen molar-refractivity contribution in [1.82, 2.24) is 15.5 Å². The quantitative estimate of drug-likeness (QED) is 0.174. The number of nitrogens with one attached hydrogen (secondary N) is 2. The smallest absolute Gasteiger partial charge is 0.326 e. The van der Waals surface area contributed by atoms with Crippen LogP contribution in [0.1, 0.15) is 19.3 Å². The van der Waals surface area contributed by atoms with Crippen molar-refractivity contribution in [2.45, 2.75) is 43.4 Å². The Morgan fingerprint density at radius 3 is 2.32 bits per heavy atom. The number of likely N-dealkylation sites (tertiary alicyclic amines) is 1. The molecule has 0 bridgehead atoms. The third-order valence-electron chi connectivity index (χ3n) is 4.19. The largest absolute Gasteiger partial charge is 0.480 e. The minimum absolute atomic E-state index is 0.0990. The lowest BCUT2D eigenvalue weighted by Crippen LogP contribution is -2.58. The van der Waals surface area contributed by atoms with E-state index in [1.54, 1.807) is 0 Å². The average molecular weight is 419 g/mol. The zero-order valence-electron chi connectivity index (χ0n) is 15.0. The molecule has 1 rings (SSSR count). The summed E-state index contributed by atoms with van der Waals surface area (Å²) in [6.07, 6.45) is 0.245. The summed E-state index contributed by atoms with van der Waals surface area (Å²) < 4.78 is 0. The van der Waals surface area contributed by atoms with Gasteiger partial charge in [0, 0.05) is 12.3 Å². The van der Waals surface area contributed by atoms with Crippen molar-refractivity contribution >= 4 is 42.2 Å². The maximum atomic E-state index is 12.5. The van der Waals surface area contributed by atoms with Crippen LogP contribution >= 0.6 is 12.6 Å². The molecule has 8 N–H and O–H groups in total. The topological polar surface area (TPSA) is 205 Å². The van der Waals surface area contributed by atoms with E-state index in [2.05, 4.69) is 17.9 Å². The molecule has 12 nitrogen and oxygen atoms in total. The van der Waals surface area contributed by atoms with Gasteiger partial charge in [-0.2, -0.15) is 12.6 Å². The number of hydrogen-bond donors (Lipinski definition) is 7. The standard InChI is InChI=1S/C15H25N5O7S/c16-7(6-28)14(25)20-3-1-2-10(20)13(24)19-9(5-21)12(23)18-8(15(26)27)4-11(17)22/h7-10,21,28H,1-6,16H2,(H2,17,22)(H,18,23)(H,19,24)(H,26,27). The Morgan fingerprint density at radius 1 is 1.18 bits per heavy atom. The van der Waals surface area contributed by atoms with Crippen LogP contribution in [-0.2, 0) is 24.0 Å². The van der Waals surface area contributed by atoms with Crippen LogP contribution in [0.5, 0.6) is 0 Å². The lowest BCUT2D eigenvalue weighted by Gasteiger charge is -2.27. The second-order valence-electron chi connectivity index (χ2n) is 6.29. The van der Waals surface area contributed by atoms with Crippen LogP contribution in [0.3, 0.4) is 0 Å². The predicted molar refractivity (Wildman–Crippen MR) is 99.0 cm³/mol. The molecule has 0 aliphatic carbocycles. The number of hydrogen-bond acceptors (Lipinski definition) is 8. The summed E-state index contributed by atoms with van der Waals surface area (Å²) in [6.45, 7) is -0.509. The number of nitrogens with two attached hydrogens (primary N) is 2. The van der Waals surface area contributed by atoms with Crippen molar-refractivity contribution in [3.63, 3.8) is 0 Å². The summed E-state index contributed by atoms with van der Waals surface area (Å²) in [7, 11) is 0. The Bertz CT molecular complexity index is 632. The van der Waals surface area contributed by atoms with Crippen LogP contribution in [0, 0.1) is 0 Å². The fourth-order valence-electron chi connectivity index (χ4n) is 2.73. The third kappa shape index (κ3) is 6.35. The molecule has 1 aliphatic heterocycles. The van der Waals surface area contributed by atoms with Crippen LogP contribution in [-0.4, -0.2) is 87.8 Å². The van der Waals surface area contributed by atoms with Gasteiger partial charge in [-0.1, -0.05) is 0 Å². The minimum Gasteiger partial charge on any atom is -0.480 e. The lowest BCUT2D eigenvalue weighted by molar-refractivity contribution is -0.144. The van der Waals surface area contributed by atoms with Crippen molar-refractivity contribution < 1.29 is 34.2 Å². The number of carboxylic acid groups (broad SMARTS) is 1. The molecule has 1 heterocycles. The molecular weight excluding hydrogens is 394 g/mol. The Morgan fingerprint density at radius 2 is 1.82 bits per heavy atom. The van der Waals surface area contributed by atoms with Crippen molar-refractivity contribution in [2.75, 3.05) is 18.9 Å². The van der Waals surface area contributed by atoms with E-state index in [9.17, 15) is 29.1 Å². The van der Waals surface area contributed by atoms with E-state index in [1.807, 2.05) is 5.32 Å². The highest BCUT2D eigenvalue weighted by atomic mass is 32.1. The van der Waals surface area contributed by atoms with Gasteiger partial charge in [0.25, 0.3) is 0 Å². The van der Waals surface area contributed by atoms with Crippen molar-refractivity contribution in [2.24, 2.45) is 11.5 Å². The Kier molecular flexibility index (Phi) is 9.15. The number of rotatable bonds is 10. The van der Waals surface area contributed by atoms with Gasteiger partial charge < -0.3 is 37.2 Å². The number of thiol groups is 1. The van der Waals surface area contributed by atoms with E-state index in [4.69, 9.17) is 16.6 Å². The number of carbonyl (C=O) groups is 5. The molecule has 1 saturated heterocycles. The van der Waals surface area contributed by atoms with E-state index in [1.165, 1.54) is 4.90 Å². The highest BCUT2D eigenvalue weighted by Crippen LogP contribution is 2.18. The SMILES string of the molecule is NC(=O)CC(NC(=O)C(CO)NC(=O)C1CCCN1C(=O)C(N)CS)C(=O)O. The van der Waals surface area contributed by atoms with Crippen molar-refractivity contribution in [1.29, 1.82) is 0 Å². The van der Waals surface area contributed by atoms with Gasteiger partial charge in [-0.3, -0.25) is 19.2 Å². The molecule has 4 amide bonds. The normalized spacial score (nSPS) is 19.4. The predicted octanol–water partition coefficient (Wildman–Crippen LogP) is -3.84. The fraction of sp³-hybridized carbons (Fsp3) is 0.667. The number of carboxylic acids is 1. The number of amides is 4. The van der Waals surface area contributed by atoms with Crippen LogP contribution in [0.15, 0.2) is 0 Å². The molecule has 0 radical (unpaired) electrons. The highest BCUT2D eigenvalue weighted by Gasteiger charge is 2.37. The lowest BCUT2D eigenvalue weighted by atomic mass is 10.1. The maximum absolute atomic E-state index is 12.5. The molecule has 0 spiro atoms. The van der Waals surface area contributed by atoms with Crippen molar-refractivity contribution in [3.8, 4) is 0 Å². The van der Waals surface area contributed by atoms with Gasteiger partial charge >= 0.3 is 5.97 Å². The third-order valence-corrected chi connectivity index (χ3v) is 4.58. The molecule has 0 aromatic rings. The van der Waals surface area contributed by atoms with E-state index in [0.29, 0.717) is 19.4 Å². The summed E-state index contributed by atoms with van der Waals surface area (Å²) >= 11 is 3.96. The van der Waals surface area contributed by atoms with E-state index in [0.717, 1.165) is 0 Å². The molecule has 4 atom stereocenters. The zero-order chi connectivity index (χ0) is 21.4. The van der Waals surface area contributed by atoms with E-state index >= 15 is 0 Å². The number of nitrogens with zero attached hydrogens (tertiary/aromatic N) is 1. The number of carbonyl (C=O) groups excluding carboxylic acids is 4. The molecule has 28 heavy (non-hydrogen) atoms. The minimum atomic E-state index is -1.60. The Balaban J connectivity index is 2.78. The molecule has 0 aromatic carbocycles. The molecule has 1 aliphatic rings. The zero-order valence-corrected chi connectivity index (χ0v) is 15.9. The number of aliphatic carboxylic acids is 1. The summed E-state index contributed by atoms with van der Waals surface area (Å²) in [4.78, 5) is 60.2. The first-order valence-corrected chi connectivity index (χ1v) is 9.15. The highest BCUT2D eigenvalue weighted by molar-refractivity contribution is 7.80. The number of aliphatic hydroxyl groups is 1. The van der Waals surface area contributed by atoms with Crippen LogP contribution in [0.4, 0.5) is 0 Å². The second kappa shape index (κ2) is 10.8. The molecule has 158 valence electrons. The molecular formula is C15H25N5O7S. The van der Waals surface area contributed by atoms with E-state index < -0.39 is 66.8 Å². The van der Waals surface area contributed by atoms with Gasteiger partial charge in [0.1, 0.15) is 18.1 Å². The first kappa shape index (κ1) is 23.7. The fourth-order valence-corrected chi connectivity index (χ4v) is 2.89. The molecule has 0 saturated carbocycles. The summed E-state index contributed by atoms with van der Waals surface area (Å²) in [5.41, 5.74) is 10.6. The summed E-state index contributed by atoms with van der Waals surface area (Å²) in [5, 5.41) is 22.7. The molecule has 0 aromatic heterocycles. The van der Waals surface area contributed by atoms with Crippen LogP contribution in [0.25, 0.3) is 0 Å². The van der Waals surface area contributed by atoms with Gasteiger partial charge in [-0.15, -0.1) is 0 Å². The summed E-state index contributed by atoms with van der Waals surface area (Å²) in [6, 6.07) is -4.83. The summed E-state index contributed by atoms with van der Waals surface area (Å²) in [5.74, 6) is -4.49. The first-order chi connectivity index (χ1) is 13.1. The Labute approximate surface area is 166 Å². The molecule has 13 heteroatoms. The van der Waals surface area contributed by atoms with E-state index in [-0.39, 0.29) is 5.75 Å². The molecule has 4 unspecified atom stereocenters. The van der Waals surface area contributed by atoms with Gasteiger partial charge in [-0.25, -0.2) is 4.79 Å². The first-order valence-electron chi connectivity index (χ1n) is 8.52. The molecule has 1 fully saturated rings. The Hall–Kier alpha value is -2.38. The number of primary amides is 1. The van der Waals surface area contributed by atoms with Crippen molar-refractivity contribution in [3.05, 3.63) is 0 Å². The van der Waals surface area contributed by atoms with Gasteiger partial charge in [0.15, 0.2) is 0 Å². The second-order valence-corrected chi connectivity index (χ2v) is 6.66.